The number of nitrogens with two attached hydrogens (primary N) is 1. The second kappa shape index (κ2) is 5.04. The summed E-state index contributed by atoms with van der Waals surface area (Å²) in [5, 5.41) is 0. The van der Waals surface area contributed by atoms with E-state index in [0.29, 0.717) is 5.57 Å². The van der Waals surface area contributed by atoms with E-state index in [4.69, 9.17) is 10.5 Å². The summed E-state index contributed by atoms with van der Waals surface area (Å²) in [6.07, 6.45) is -0.293. The van der Waals surface area contributed by atoms with E-state index in [1.165, 1.54) is 0 Å². The van der Waals surface area contributed by atoms with Crippen LogP contribution in [0.3, 0.4) is 0 Å². The lowest BCUT2D eigenvalue weighted by atomic mass is 9.98. The van der Waals surface area contributed by atoms with Gasteiger partial charge in [0.2, 0.25) is 0 Å². The van der Waals surface area contributed by atoms with Crippen molar-refractivity contribution in [3.63, 3.8) is 0 Å². The number of nitrogen functional groups attached to an aromatic ring is 1. The van der Waals surface area contributed by atoms with Gasteiger partial charge < -0.3 is 10.5 Å². The van der Waals surface area contributed by atoms with Crippen LogP contribution in [-0.2, 0) is 9.53 Å². The van der Waals surface area contributed by atoms with Crippen LogP contribution >= 0.6 is 0 Å². The second-order valence-electron chi connectivity index (χ2n) is 4.32. The zero-order valence-electron chi connectivity index (χ0n) is 10.8. The predicted octanol–water partition coefficient (Wildman–Crippen LogP) is 3.07. The van der Waals surface area contributed by atoms with E-state index in [9.17, 15) is 4.79 Å². The Bertz CT molecular complexity index is 464. The first-order valence-corrected chi connectivity index (χ1v) is 5.56. The molecule has 0 heterocycles. The Morgan fingerprint density at radius 1 is 1.35 bits per heavy atom. The van der Waals surface area contributed by atoms with Gasteiger partial charge in [0.25, 0.3) is 0 Å². The first-order valence-electron chi connectivity index (χ1n) is 5.56. The van der Waals surface area contributed by atoms with E-state index < -0.39 is 0 Å². The molecule has 0 aliphatic carbocycles. The smallest absolute Gasteiger partial charge is 0.333 e. The van der Waals surface area contributed by atoms with Gasteiger partial charge in [0.1, 0.15) is 6.10 Å². The van der Waals surface area contributed by atoms with Crippen LogP contribution in [0.15, 0.2) is 24.3 Å². The van der Waals surface area contributed by atoms with Crippen LogP contribution in [0.25, 0.3) is 0 Å². The van der Waals surface area contributed by atoms with Crippen LogP contribution in [0.5, 0.6) is 0 Å². The van der Waals surface area contributed by atoms with Gasteiger partial charge in [-0.3, -0.25) is 0 Å². The van der Waals surface area contributed by atoms with E-state index in [-0.39, 0.29) is 12.1 Å². The molecule has 0 aliphatic rings. The van der Waals surface area contributed by atoms with Gasteiger partial charge >= 0.3 is 5.97 Å². The van der Waals surface area contributed by atoms with Crippen LogP contribution < -0.4 is 5.73 Å². The number of hydrogen-bond acceptors (Lipinski definition) is 3. The molecule has 0 spiro atoms. The van der Waals surface area contributed by atoms with Gasteiger partial charge in [-0.1, -0.05) is 12.6 Å². The molecule has 1 aromatic rings. The average molecular weight is 233 g/mol. The van der Waals surface area contributed by atoms with Crippen molar-refractivity contribution in [1.82, 2.24) is 0 Å². The quantitative estimate of drug-likeness (QED) is 0.496. The molecule has 0 amide bonds. The third-order valence-electron chi connectivity index (χ3n) is 2.94. The maximum absolute atomic E-state index is 11.4. The molecule has 1 aromatic carbocycles. The minimum absolute atomic E-state index is 0.293. The zero-order chi connectivity index (χ0) is 13.2. The summed E-state index contributed by atoms with van der Waals surface area (Å²) in [7, 11) is 0. The molecular weight excluding hydrogens is 214 g/mol. The Balaban J connectivity index is 2.97. The third kappa shape index (κ3) is 2.87. The van der Waals surface area contributed by atoms with Crippen molar-refractivity contribution in [2.75, 3.05) is 5.73 Å². The normalized spacial score (nSPS) is 12.0. The average Bonchev–Trinajstić information content (AvgIpc) is 2.25. The monoisotopic (exact) mass is 233 g/mol. The fraction of sp³-hybridized carbons (Fsp3) is 0.357. The molecule has 1 rings (SSSR count). The van der Waals surface area contributed by atoms with Gasteiger partial charge in [-0.25, -0.2) is 4.79 Å². The minimum Gasteiger partial charge on any atom is -0.454 e. The highest BCUT2D eigenvalue weighted by Crippen LogP contribution is 2.26. The highest BCUT2D eigenvalue weighted by Gasteiger charge is 2.15. The van der Waals surface area contributed by atoms with Crippen molar-refractivity contribution in [3.05, 3.63) is 41.0 Å². The minimum atomic E-state index is -0.369. The maximum Gasteiger partial charge on any atom is 0.333 e. The highest BCUT2D eigenvalue weighted by molar-refractivity contribution is 5.87. The zero-order valence-corrected chi connectivity index (χ0v) is 10.8. The first kappa shape index (κ1) is 13.3. The lowest BCUT2D eigenvalue weighted by Gasteiger charge is -2.18. The largest absolute Gasteiger partial charge is 0.454 e. The third-order valence-corrected chi connectivity index (χ3v) is 2.94. The van der Waals surface area contributed by atoms with Crippen LogP contribution in [0, 0.1) is 13.8 Å². The molecule has 3 nitrogen and oxygen atoms in total. The summed E-state index contributed by atoms with van der Waals surface area (Å²) in [5.41, 5.74) is 10.0. The maximum atomic E-state index is 11.4. The van der Waals surface area contributed by atoms with Crippen LogP contribution in [0.2, 0.25) is 0 Å². The molecule has 2 N–H and O–H groups in total. The molecule has 0 fully saturated rings. The van der Waals surface area contributed by atoms with Crippen molar-refractivity contribution in [2.24, 2.45) is 0 Å². The van der Waals surface area contributed by atoms with E-state index >= 15 is 0 Å². The Morgan fingerprint density at radius 3 is 2.47 bits per heavy atom. The van der Waals surface area contributed by atoms with Gasteiger partial charge in [0.15, 0.2) is 0 Å². The molecular formula is C14H19NO2. The first-order chi connectivity index (χ1) is 7.84. The Labute approximate surface area is 102 Å². The summed E-state index contributed by atoms with van der Waals surface area (Å²) in [4.78, 5) is 11.4. The van der Waals surface area contributed by atoms with Gasteiger partial charge in [-0.2, -0.15) is 0 Å². The fourth-order valence-corrected chi connectivity index (χ4v) is 1.63. The van der Waals surface area contributed by atoms with Crippen LogP contribution in [0.1, 0.15) is 36.6 Å². The van der Waals surface area contributed by atoms with Gasteiger partial charge in [-0.15, -0.1) is 0 Å². The van der Waals surface area contributed by atoms with Gasteiger partial charge in [-0.05, 0) is 50.5 Å². The lowest BCUT2D eigenvalue weighted by molar-refractivity contribution is -0.143. The SMILES string of the molecule is C=C(C)C(=O)OC(C)c1ccc(N)c(C)c1C. The molecule has 3 heteroatoms. The van der Waals surface area contributed by atoms with Crippen molar-refractivity contribution < 1.29 is 9.53 Å². The Hall–Kier alpha value is -1.77. The summed E-state index contributed by atoms with van der Waals surface area (Å²) in [6, 6.07) is 3.73. The number of carbonyl (C=O) groups excluding carboxylic acids is 1. The van der Waals surface area contributed by atoms with Gasteiger partial charge in [0.05, 0.1) is 0 Å². The van der Waals surface area contributed by atoms with Crippen molar-refractivity contribution in [3.8, 4) is 0 Å². The molecule has 0 bridgehead atoms. The number of ether oxygens (including phenoxy) is 1. The van der Waals surface area contributed by atoms with E-state index in [0.717, 1.165) is 22.4 Å². The van der Waals surface area contributed by atoms with Gasteiger partial charge in [0, 0.05) is 11.3 Å². The molecule has 1 unspecified atom stereocenters. The van der Waals surface area contributed by atoms with Crippen LogP contribution in [0.4, 0.5) is 5.69 Å². The number of anilines is 1. The van der Waals surface area contributed by atoms with Crippen LogP contribution in [-0.4, -0.2) is 5.97 Å². The van der Waals surface area contributed by atoms with Crippen molar-refractivity contribution in [1.29, 1.82) is 0 Å². The predicted molar refractivity (Wildman–Crippen MR) is 69.6 cm³/mol. The molecule has 0 aromatic heterocycles. The summed E-state index contributed by atoms with van der Waals surface area (Å²) in [6.45, 7) is 11.0. The molecule has 1 atom stereocenters. The van der Waals surface area contributed by atoms with E-state index in [1.54, 1.807) is 6.92 Å². The number of benzene rings is 1. The number of hydrogen-bond donors (Lipinski definition) is 1. The molecule has 0 radical (unpaired) electrons. The Morgan fingerprint density at radius 2 is 1.94 bits per heavy atom. The Kier molecular flexibility index (Phi) is 3.94. The number of esters is 1. The van der Waals surface area contributed by atoms with Crippen molar-refractivity contribution >= 4 is 11.7 Å². The molecule has 0 saturated heterocycles. The highest BCUT2D eigenvalue weighted by atomic mass is 16.5. The number of carbonyl (C=O) groups is 1. The van der Waals surface area contributed by atoms with Crippen molar-refractivity contribution in [2.45, 2.75) is 33.8 Å². The summed E-state index contributed by atoms with van der Waals surface area (Å²) >= 11 is 0. The molecule has 92 valence electrons. The van der Waals surface area contributed by atoms with E-state index in [1.807, 2.05) is 32.9 Å². The topological polar surface area (TPSA) is 52.3 Å². The molecule has 17 heavy (non-hydrogen) atoms. The molecule has 0 aliphatic heterocycles. The standard InChI is InChI=1S/C14H19NO2/c1-8(2)14(16)17-11(5)12-6-7-13(15)10(4)9(12)3/h6-7,11H,1,15H2,2-5H3. The molecule has 0 saturated carbocycles. The fourth-order valence-electron chi connectivity index (χ4n) is 1.63. The van der Waals surface area contributed by atoms with E-state index in [2.05, 4.69) is 6.58 Å². The second-order valence-corrected chi connectivity index (χ2v) is 4.32. The lowest BCUT2D eigenvalue weighted by Crippen LogP contribution is -2.11. The summed E-state index contributed by atoms with van der Waals surface area (Å²) < 4.78 is 5.29. The summed E-state index contributed by atoms with van der Waals surface area (Å²) in [5.74, 6) is -0.369. The number of rotatable bonds is 3.